The molecule has 4 aromatic rings. The number of anilines is 3. The highest BCUT2D eigenvalue weighted by Gasteiger charge is 2.09. The smallest absolute Gasteiger partial charge is 0.337 e. The van der Waals surface area contributed by atoms with E-state index in [1.165, 1.54) is 13.4 Å². The number of ether oxygens (including phenoxy) is 2. The largest absolute Gasteiger partial charge is 0.496 e. The fourth-order valence-electron chi connectivity index (χ4n) is 3.02. The lowest BCUT2D eigenvalue weighted by molar-refractivity contribution is 0.0600. The van der Waals surface area contributed by atoms with Gasteiger partial charge >= 0.3 is 5.97 Å². The van der Waals surface area contributed by atoms with Crippen LogP contribution in [-0.4, -0.2) is 45.3 Å². The minimum Gasteiger partial charge on any atom is -0.496 e. The predicted molar refractivity (Wildman–Crippen MR) is 119 cm³/mol. The predicted octanol–water partition coefficient (Wildman–Crippen LogP) is 3.41. The number of hydrogen-bond donors (Lipinski definition) is 3. The number of carbonyl (C=O) groups excluding carboxylic acids is 1. The van der Waals surface area contributed by atoms with Crippen molar-refractivity contribution >= 4 is 23.7 Å². The summed E-state index contributed by atoms with van der Waals surface area (Å²) >= 11 is 0. The monoisotopic (exact) mass is 431 g/mol. The molecule has 162 valence electrons. The van der Waals surface area contributed by atoms with E-state index < -0.39 is 0 Å². The van der Waals surface area contributed by atoms with Crippen LogP contribution in [0.25, 0.3) is 11.3 Å². The van der Waals surface area contributed by atoms with E-state index in [2.05, 4.69) is 35.8 Å². The normalized spacial score (nSPS) is 10.4. The summed E-state index contributed by atoms with van der Waals surface area (Å²) in [4.78, 5) is 24.2. The number of benzene rings is 2. The van der Waals surface area contributed by atoms with Gasteiger partial charge < -0.3 is 20.1 Å². The summed E-state index contributed by atoms with van der Waals surface area (Å²) in [7, 11) is 2.99. The van der Waals surface area contributed by atoms with Crippen molar-refractivity contribution in [2.75, 3.05) is 24.9 Å². The number of aromatic amines is 1. The van der Waals surface area contributed by atoms with Crippen molar-refractivity contribution in [3.8, 4) is 17.0 Å². The average molecular weight is 431 g/mol. The topological polar surface area (TPSA) is 127 Å². The van der Waals surface area contributed by atoms with Crippen molar-refractivity contribution in [2.45, 2.75) is 6.54 Å². The molecule has 0 spiro atoms. The van der Waals surface area contributed by atoms with E-state index in [9.17, 15) is 4.79 Å². The molecule has 4 rings (SSSR count). The Morgan fingerprint density at radius 1 is 1.03 bits per heavy atom. The Hall–Kier alpha value is -4.47. The first kappa shape index (κ1) is 20.8. The van der Waals surface area contributed by atoms with Crippen molar-refractivity contribution in [1.29, 1.82) is 0 Å². The van der Waals surface area contributed by atoms with Crippen LogP contribution in [0.15, 0.2) is 60.9 Å². The Morgan fingerprint density at radius 2 is 1.81 bits per heavy atom. The van der Waals surface area contributed by atoms with Crippen molar-refractivity contribution in [3.05, 3.63) is 72.1 Å². The van der Waals surface area contributed by atoms with Crippen molar-refractivity contribution < 1.29 is 14.3 Å². The van der Waals surface area contributed by atoms with Crippen molar-refractivity contribution in [1.82, 2.24) is 25.1 Å². The molecule has 0 aliphatic rings. The minimum atomic E-state index is -0.381. The Kier molecular flexibility index (Phi) is 6.21. The van der Waals surface area contributed by atoms with E-state index in [1.807, 2.05) is 42.5 Å². The molecule has 0 radical (unpaired) electrons. The molecular formula is C22H21N7O3. The first-order valence-corrected chi connectivity index (χ1v) is 9.72. The Labute approximate surface area is 184 Å². The van der Waals surface area contributed by atoms with Crippen LogP contribution in [0.5, 0.6) is 5.75 Å². The van der Waals surface area contributed by atoms with Crippen LogP contribution < -0.4 is 15.4 Å². The summed E-state index contributed by atoms with van der Waals surface area (Å²) in [5.41, 5.74) is 3.10. The molecule has 0 fully saturated rings. The van der Waals surface area contributed by atoms with Gasteiger partial charge in [-0.15, -0.1) is 0 Å². The maximum atomic E-state index is 11.6. The highest BCUT2D eigenvalue weighted by atomic mass is 16.5. The molecule has 10 nitrogen and oxygen atoms in total. The van der Waals surface area contributed by atoms with Gasteiger partial charge in [0.25, 0.3) is 0 Å². The fraction of sp³-hybridized carbons (Fsp3) is 0.136. The number of esters is 1. The fourth-order valence-corrected chi connectivity index (χ4v) is 3.02. The van der Waals surface area contributed by atoms with Gasteiger partial charge in [0.15, 0.2) is 5.82 Å². The molecule has 2 aromatic heterocycles. The summed E-state index contributed by atoms with van der Waals surface area (Å²) in [5, 5.41) is 13.4. The lowest BCUT2D eigenvalue weighted by atomic mass is 10.1. The maximum Gasteiger partial charge on any atom is 0.337 e. The number of nitrogens with zero attached hydrogens (tertiary/aromatic N) is 4. The van der Waals surface area contributed by atoms with Crippen LogP contribution in [-0.2, 0) is 11.3 Å². The van der Waals surface area contributed by atoms with Crippen LogP contribution in [0.4, 0.5) is 17.7 Å². The third-order valence-electron chi connectivity index (χ3n) is 4.64. The van der Waals surface area contributed by atoms with Crippen molar-refractivity contribution in [3.63, 3.8) is 0 Å². The van der Waals surface area contributed by atoms with Crippen LogP contribution in [0.3, 0.4) is 0 Å². The number of hydrogen-bond acceptors (Lipinski definition) is 9. The van der Waals surface area contributed by atoms with Gasteiger partial charge in [0.2, 0.25) is 11.9 Å². The number of methoxy groups -OCH3 is 2. The molecule has 0 unspecified atom stereocenters. The Bertz CT molecular complexity index is 1210. The van der Waals surface area contributed by atoms with Gasteiger partial charge in [-0.1, -0.05) is 30.3 Å². The number of carbonyl (C=O) groups is 1. The summed E-state index contributed by atoms with van der Waals surface area (Å²) in [6.45, 7) is 0.502. The highest BCUT2D eigenvalue weighted by molar-refractivity contribution is 5.89. The van der Waals surface area contributed by atoms with Crippen LogP contribution >= 0.6 is 0 Å². The van der Waals surface area contributed by atoms with Gasteiger partial charge in [-0.3, -0.25) is 5.10 Å². The van der Waals surface area contributed by atoms with Crippen molar-refractivity contribution in [2.24, 2.45) is 0 Å². The molecular weight excluding hydrogens is 410 g/mol. The lowest BCUT2D eigenvalue weighted by Gasteiger charge is -2.09. The molecule has 0 amide bonds. The molecule has 3 N–H and O–H groups in total. The summed E-state index contributed by atoms with van der Waals surface area (Å²) in [6.07, 6.45) is 1.42. The summed E-state index contributed by atoms with van der Waals surface area (Å²) in [6, 6.07) is 16.6. The third-order valence-corrected chi connectivity index (χ3v) is 4.64. The van der Waals surface area contributed by atoms with Crippen LogP contribution in [0, 0.1) is 0 Å². The molecule has 0 saturated heterocycles. The highest BCUT2D eigenvalue weighted by Crippen LogP contribution is 2.22. The number of rotatable bonds is 8. The number of H-pyrrole nitrogens is 1. The zero-order chi connectivity index (χ0) is 22.3. The molecule has 0 aliphatic carbocycles. The molecule has 10 heteroatoms. The molecule has 2 aromatic carbocycles. The first-order valence-electron chi connectivity index (χ1n) is 9.72. The maximum absolute atomic E-state index is 11.6. The SMILES string of the molecule is COC(=O)c1ccc(-c2cc(Nc3ncnc(NCc4ccccc4OC)n3)n[nH]2)cc1. The molecule has 0 atom stereocenters. The van der Waals surface area contributed by atoms with E-state index in [0.717, 1.165) is 22.6 Å². The summed E-state index contributed by atoms with van der Waals surface area (Å²) in [5.74, 6) is 1.72. The number of nitrogens with one attached hydrogen (secondary N) is 3. The quantitative estimate of drug-likeness (QED) is 0.360. The van der Waals surface area contributed by atoms with Gasteiger partial charge in [0.05, 0.1) is 25.5 Å². The second kappa shape index (κ2) is 9.56. The Balaban J connectivity index is 1.42. The van der Waals surface area contributed by atoms with Gasteiger partial charge in [-0.2, -0.15) is 10.1 Å². The second-order valence-corrected chi connectivity index (χ2v) is 6.66. The van der Waals surface area contributed by atoms with Crippen LogP contribution in [0.1, 0.15) is 15.9 Å². The van der Waals surface area contributed by atoms with E-state index in [-0.39, 0.29) is 5.97 Å². The minimum absolute atomic E-state index is 0.349. The van der Waals surface area contributed by atoms with E-state index in [4.69, 9.17) is 9.47 Å². The number of aromatic nitrogens is 5. The third kappa shape index (κ3) is 4.81. The Morgan fingerprint density at radius 3 is 2.59 bits per heavy atom. The van der Waals surface area contributed by atoms with E-state index >= 15 is 0 Å². The van der Waals surface area contributed by atoms with Gasteiger partial charge in [0.1, 0.15) is 12.1 Å². The standard InChI is InChI=1S/C22H21N7O3/c1-31-18-6-4-3-5-16(18)12-23-21-24-13-25-22(27-21)26-19-11-17(28-29-19)14-7-9-15(10-8-14)20(30)32-2/h3-11,13H,12H2,1-2H3,(H3,23,24,25,26,27,28,29). The second-order valence-electron chi connectivity index (χ2n) is 6.66. The van der Waals surface area contributed by atoms with Gasteiger partial charge in [0, 0.05) is 18.2 Å². The zero-order valence-electron chi connectivity index (χ0n) is 17.5. The first-order chi connectivity index (χ1) is 15.7. The molecule has 2 heterocycles. The van der Waals surface area contributed by atoms with Gasteiger partial charge in [-0.25, -0.2) is 14.8 Å². The summed E-state index contributed by atoms with van der Waals surface area (Å²) < 4.78 is 10.1. The number of para-hydroxylation sites is 1. The van der Waals surface area contributed by atoms with Gasteiger partial charge in [-0.05, 0) is 23.8 Å². The molecule has 32 heavy (non-hydrogen) atoms. The van der Waals surface area contributed by atoms with E-state index in [1.54, 1.807) is 19.2 Å². The lowest BCUT2D eigenvalue weighted by Crippen LogP contribution is -2.07. The van der Waals surface area contributed by atoms with E-state index in [0.29, 0.717) is 29.8 Å². The molecule has 0 aliphatic heterocycles. The zero-order valence-corrected chi connectivity index (χ0v) is 17.5. The molecule has 0 bridgehead atoms. The molecule has 0 saturated carbocycles. The average Bonchev–Trinajstić information content (AvgIpc) is 3.31. The van der Waals surface area contributed by atoms with Crippen LogP contribution in [0.2, 0.25) is 0 Å².